The van der Waals surface area contributed by atoms with Gasteiger partial charge in [-0.25, -0.2) is 0 Å². The summed E-state index contributed by atoms with van der Waals surface area (Å²) in [5.41, 5.74) is -0.910. The first-order valence-electron chi connectivity index (χ1n) is 13.2. The molecule has 9 atom stereocenters. The molecule has 15 nitrogen and oxygen atoms in total. The van der Waals surface area contributed by atoms with Gasteiger partial charge >= 0.3 is 5.97 Å². The highest BCUT2D eigenvalue weighted by molar-refractivity contribution is 5.88. The van der Waals surface area contributed by atoms with Crippen molar-refractivity contribution in [2.45, 2.75) is 69.2 Å². The third-order valence-corrected chi connectivity index (χ3v) is 7.10. The van der Waals surface area contributed by atoms with Gasteiger partial charge in [-0.05, 0) is 31.2 Å². The van der Waals surface area contributed by atoms with Crippen LogP contribution < -0.4 is 14.9 Å². The molecule has 0 amide bonds. The molecule has 43 heavy (non-hydrogen) atoms. The number of esters is 1. The van der Waals surface area contributed by atoms with Crippen LogP contribution in [-0.2, 0) is 19.0 Å². The third-order valence-electron chi connectivity index (χ3n) is 7.10. The largest absolute Gasteiger partial charge is 0.508 e. The number of fused-ring (bicyclic) bond motifs is 1. The molecule has 2 saturated heterocycles. The van der Waals surface area contributed by atoms with Crippen LogP contribution in [0, 0.1) is 0 Å². The Morgan fingerprint density at radius 2 is 1.58 bits per heavy atom. The Balaban J connectivity index is 1.56. The van der Waals surface area contributed by atoms with Gasteiger partial charge in [-0.2, -0.15) is 0 Å². The van der Waals surface area contributed by atoms with E-state index in [9.17, 15) is 45.3 Å². The van der Waals surface area contributed by atoms with E-state index < -0.39 is 84.8 Å². The van der Waals surface area contributed by atoms with Gasteiger partial charge in [-0.15, -0.1) is 0 Å². The maximum atomic E-state index is 13.8. The quantitative estimate of drug-likeness (QED) is 0.167. The molecule has 2 fully saturated rings. The van der Waals surface area contributed by atoms with Crippen molar-refractivity contribution in [3.8, 4) is 34.3 Å². The fourth-order valence-electron chi connectivity index (χ4n) is 4.88. The number of benzene rings is 2. The minimum absolute atomic E-state index is 0.0974. The van der Waals surface area contributed by atoms with Gasteiger partial charge in [0.15, 0.2) is 18.0 Å². The highest BCUT2D eigenvalue weighted by Gasteiger charge is 2.48. The molecular weight excluding hydrogens is 576 g/mol. The van der Waals surface area contributed by atoms with Crippen LogP contribution in [0.4, 0.5) is 0 Å². The summed E-state index contributed by atoms with van der Waals surface area (Å²) in [5, 5.41) is 71.0. The van der Waals surface area contributed by atoms with Crippen LogP contribution in [0.1, 0.15) is 13.8 Å². The SMILES string of the molecule is CC(=O)O[C@@H]1[C@H](O)[C@H](Oc2c(-c3ccc(O)cc3)oc3cc(O[C@H]4O[C@@H](C)[C@H](O)[C@H](O)[C@@H]4O)cc(O)c3c2=O)O[C@@H]1CO. The van der Waals surface area contributed by atoms with Gasteiger partial charge in [0, 0.05) is 24.6 Å². The van der Waals surface area contributed by atoms with E-state index in [1.54, 1.807) is 0 Å². The lowest BCUT2D eigenvalue weighted by molar-refractivity contribution is -0.268. The fourth-order valence-corrected chi connectivity index (χ4v) is 4.88. The second-order valence-electron chi connectivity index (χ2n) is 10.2. The van der Waals surface area contributed by atoms with Gasteiger partial charge in [0.05, 0.1) is 12.7 Å². The summed E-state index contributed by atoms with van der Waals surface area (Å²) >= 11 is 0. The zero-order chi connectivity index (χ0) is 31.2. The maximum Gasteiger partial charge on any atom is 0.303 e. The predicted molar refractivity (Wildman–Crippen MR) is 142 cm³/mol. The zero-order valence-corrected chi connectivity index (χ0v) is 22.8. The first kappa shape index (κ1) is 30.5. The number of carbonyl (C=O) groups excluding carboxylic acids is 1. The molecule has 0 bridgehead atoms. The molecule has 0 saturated carbocycles. The van der Waals surface area contributed by atoms with Crippen LogP contribution in [0.25, 0.3) is 22.3 Å². The molecule has 0 spiro atoms. The topological polar surface area (TPSA) is 235 Å². The van der Waals surface area contributed by atoms with Crippen LogP contribution in [0.15, 0.2) is 45.6 Å². The van der Waals surface area contributed by atoms with Crippen molar-refractivity contribution in [1.29, 1.82) is 0 Å². The van der Waals surface area contributed by atoms with Crippen molar-refractivity contribution < 1.29 is 68.6 Å². The Morgan fingerprint density at radius 1 is 0.907 bits per heavy atom. The number of aromatic hydroxyl groups is 2. The number of carbonyl (C=O) groups is 1. The summed E-state index contributed by atoms with van der Waals surface area (Å²) in [7, 11) is 0. The number of phenols is 2. The first-order valence-corrected chi connectivity index (χ1v) is 13.2. The van der Waals surface area contributed by atoms with E-state index in [0.29, 0.717) is 0 Å². The van der Waals surface area contributed by atoms with Crippen molar-refractivity contribution in [1.82, 2.24) is 0 Å². The molecule has 3 aromatic rings. The Kier molecular flexibility index (Phi) is 8.49. The van der Waals surface area contributed by atoms with Crippen LogP contribution in [-0.4, -0.2) is 104 Å². The standard InChI is InChI=1S/C28H30O15/c1-10-19(33)21(35)22(36)27(38-10)40-14-7-15(32)18-16(8-14)41-24(12-3-5-13(31)6-4-12)26(20(18)34)43-28-23(37)25(39-11(2)30)17(9-29)42-28/h3-8,10,17,19,21-23,25,27-29,31-33,35-37H,9H2,1-2H3/t10-,17+,19-,21-,22-,23-,25-,27+,28-/m0/s1. The number of hydrogen-bond donors (Lipinski definition) is 7. The lowest BCUT2D eigenvalue weighted by atomic mass is 10.00. The Labute approximate surface area is 242 Å². The smallest absolute Gasteiger partial charge is 0.303 e. The lowest BCUT2D eigenvalue weighted by Gasteiger charge is -2.38. The normalized spacial score (nSPS) is 30.7. The fraction of sp³-hybridized carbons (Fsp3) is 0.429. The van der Waals surface area contributed by atoms with Crippen molar-refractivity contribution in [2.24, 2.45) is 0 Å². The predicted octanol–water partition coefficient (Wildman–Crippen LogP) is -0.534. The molecule has 5 rings (SSSR count). The zero-order valence-electron chi connectivity index (χ0n) is 22.8. The van der Waals surface area contributed by atoms with Crippen LogP contribution in [0.2, 0.25) is 0 Å². The highest BCUT2D eigenvalue weighted by atomic mass is 16.7. The molecule has 232 valence electrons. The van der Waals surface area contributed by atoms with Gasteiger partial charge in [0.25, 0.3) is 0 Å². The summed E-state index contributed by atoms with van der Waals surface area (Å²) in [6, 6.07) is 7.65. The Hall–Kier alpha value is -3.96. The monoisotopic (exact) mass is 606 g/mol. The minimum Gasteiger partial charge on any atom is -0.508 e. The van der Waals surface area contributed by atoms with Gasteiger partial charge < -0.3 is 63.8 Å². The van der Waals surface area contributed by atoms with E-state index in [4.69, 9.17) is 28.1 Å². The van der Waals surface area contributed by atoms with Crippen molar-refractivity contribution >= 4 is 16.9 Å². The van der Waals surface area contributed by atoms with E-state index in [-0.39, 0.29) is 33.8 Å². The summed E-state index contributed by atoms with van der Waals surface area (Å²) in [6.45, 7) is 1.91. The number of aliphatic hydroxyl groups excluding tert-OH is 5. The Morgan fingerprint density at radius 3 is 2.23 bits per heavy atom. The molecule has 3 heterocycles. The molecule has 0 radical (unpaired) electrons. The minimum atomic E-state index is -1.66. The molecule has 1 aromatic heterocycles. The second kappa shape index (κ2) is 12.0. The highest BCUT2D eigenvalue weighted by Crippen LogP contribution is 2.38. The average Bonchev–Trinajstić information content (AvgIpc) is 3.25. The molecule has 0 unspecified atom stereocenters. The molecule has 7 N–H and O–H groups in total. The van der Waals surface area contributed by atoms with Crippen molar-refractivity contribution in [3.05, 3.63) is 46.6 Å². The number of aliphatic hydroxyl groups is 5. The number of phenolic OH excluding ortho intramolecular Hbond substituents is 2. The molecule has 15 heteroatoms. The molecule has 2 aromatic carbocycles. The third kappa shape index (κ3) is 5.83. The van der Waals surface area contributed by atoms with E-state index in [1.165, 1.54) is 37.3 Å². The van der Waals surface area contributed by atoms with Gasteiger partial charge in [0.1, 0.15) is 52.6 Å². The van der Waals surface area contributed by atoms with E-state index >= 15 is 0 Å². The number of rotatable bonds is 7. The van der Waals surface area contributed by atoms with Crippen LogP contribution in [0.5, 0.6) is 23.0 Å². The molecule has 0 aliphatic carbocycles. The van der Waals surface area contributed by atoms with Crippen molar-refractivity contribution in [2.75, 3.05) is 6.61 Å². The number of hydrogen-bond acceptors (Lipinski definition) is 15. The molecule has 2 aliphatic heterocycles. The lowest BCUT2D eigenvalue weighted by Crippen LogP contribution is -2.58. The molecule has 2 aliphatic rings. The summed E-state index contributed by atoms with van der Waals surface area (Å²) in [5.74, 6) is -2.37. The van der Waals surface area contributed by atoms with Gasteiger partial charge in [-0.3, -0.25) is 9.59 Å². The van der Waals surface area contributed by atoms with Crippen LogP contribution in [0.3, 0.4) is 0 Å². The second-order valence-corrected chi connectivity index (χ2v) is 10.2. The average molecular weight is 607 g/mol. The van der Waals surface area contributed by atoms with E-state index in [1.807, 2.05) is 0 Å². The maximum absolute atomic E-state index is 13.8. The van der Waals surface area contributed by atoms with E-state index in [0.717, 1.165) is 13.0 Å². The number of ether oxygens (including phenoxy) is 5. The van der Waals surface area contributed by atoms with E-state index in [2.05, 4.69) is 0 Å². The summed E-state index contributed by atoms with van der Waals surface area (Å²) < 4.78 is 33.3. The Bertz CT molecular complexity index is 1540. The van der Waals surface area contributed by atoms with Gasteiger partial charge in [0.2, 0.25) is 23.8 Å². The summed E-state index contributed by atoms with van der Waals surface area (Å²) in [6.07, 6.45) is -12.7. The summed E-state index contributed by atoms with van der Waals surface area (Å²) in [4.78, 5) is 25.3. The van der Waals surface area contributed by atoms with Crippen molar-refractivity contribution in [3.63, 3.8) is 0 Å². The molecular formula is C28H30O15. The van der Waals surface area contributed by atoms with Crippen LogP contribution >= 0.6 is 0 Å². The van der Waals surface area contributed by atoms with Gasteiger partial charge in [-0.1, -0.05) is 0 Å². The first-order chi connectivity index (χ1) is 20.4.